The van der Waals surface area contributed by atoms with Gasteiger partial charge in [0, 0.05) is 26.5 Å². The molecule has 152 valence electrons. The van der Waals surface area contributed by atoms with Gasteiger partial charge in [-0.1, -0.05) is 85.8 Å². The monoisotopic (exact) mass is 470 g/mol. The molecule has 0 fully saturated rings. The van der Waals surface area contributed by atoms with Crippen LogP contribution in [0.2, 0.25) is 0 Å². The lowest BCUT2D eigenvalue weighted by Crippen LogP contribution is -1.98. The van der Waals surface area contributed by atoms with Crippen LogP contribution in [0.25, 0.3) is 39.0 Å². The summed E-state index contributed by atoms with van der Waals surface area (Å²) in [5.41, 5.74) is 5.59. The van der Waals surface area contributed by atoms with Crippen LogP contribution < -0.4 is 0 Å². The number of hydrogen-bond donors (Lipinski definition) is 0. The molecule has 4 heteroatoms. The number of fused-ring (bicyclic) bond motifs is 1. The van der Waals surface area contributed by atoms with Gasteiger partial charge in [0.25, 0.3) is 0 Å². The first-order valence-corrected chi connectivity index (χ1v) is 11.1. The zero-order valence-electron chi connectivity index (χ0n) is 17.0. The summed E-state index contributed by atoms with van der Waals surface area (Å²) in [4.78, 5) is 0. The third kappa shape index (κ3) is 3.28. The molecule has 31 heavy (non-hydrogen) atoms. The first kappa shape index (κ1) is 19.7. The van der Waals surface area contributed by atoms with Crippen molar-refractivity contribution >= 4 is 26.8 Å². The summed E-state index contributed by atoms with van der Waals surface area (Å²) < 4.78 is 18.5. The first-order chi connectivity index (χ1) is 15.2. The fraction of sp³-hybridized carbons (Fsp3) is 0.0741. The molecule has 0 saturated heterocycles. The number of halogens is 2. The van der Waals surface area contributed by atoms with Crippen LogP contribution in [0.3, 0.4) is 0 Å². The van der Waals surface area contributed by atoms with Crippen LogP contribution in [-0.2, 0) is 6.42 Å². The minimum absolute atomic E-state index is 0.217. The fourth-order valence-corrected chi connectivity index (χ4v) is 4.93. The summed E-state index contributed by atoms with van der Waals surface area (Å²) in [5, 5.41) is 5.90. The Hall–Kier alpha value is -3.24. The van der Waals surface area contributed by atoms with Crippen LogP contribution >= 0.6 is 15.9 Å². The molecule has 0 spiro atoms. The number of rotatable bonds is 4. The van der Waals surface area contributed by atoms with Gasteiger partial charge >= 0.3 is 0 Å². The van der Waals surface area contributed by atoms with Crippen LogP contribution in [0, 0.1) is 5.82 Å². The lowest BCUT2D eigenvalue weighted by atomic mass is 9.95. The summed E-state index contributed by atoms with van der Waals surface area (Å²) in [7, 11) is 0. The Bertz CT molecular complexity index is 1360. The molecule has 5 aromatic rings. The van der Waals surface area contributed by atoms with E-state index in [1.165, 1.54) is 0 Å². The van der Waals surface area contributed by atoms with E-state index in [-0.39, 0.29) is 5.82 Å². The second-order valence-corrected chi connectivity index (χ2v) is 8.18. The fourth-order valence-electron chi connectivity index (χ4n) is 4.10. The molecule has 1 aromatic heterocycles. The van der Waals surface area contributed by atoms with E-state index in [9.17, 15) is 0 Å². The maximum absolute atomic E-state index is 15.8. The third-order valence-electron chi connectivity index (χ3n) is 5.56. The Morgan fingerprint density at radius 3 is 1.94 bits per heavy atom. The van der Waals surface area contributed by atoms with Crippen molar-refractivity contribution < 1.29 is 4.39 Å². The Morgan fingerprint density at radius 1 is 0.806 bits per heavy atom. The molecule has 0 N–H and O–H groups in total. The van der Waals surface area contributed by atoms with Crippen LogP contribution in [0.5, 0.6) is 0 Å². The van der Waals surface area contributed by atoms with Gasteiger partial charge in [-0.15, -0.1) is 0 Å². The minimum atomic E-state index is -0.217. The standard InChI is InChI=1S/C27H20BrFN2/c1-2-21-24(28)23-26(22(25(21)29)18-12-6-3-7-13-18)30-31(20-16-10-5-11-17-20)27(23)19-14-8-4-9-15-19/h3-17H,2H2,1H3. The van der Waals surface area contributed by atoms with Crippen LogP contribution in [-0.4, -0.2) is 9.78 Å². The van der Waals surface area contributed by atoms with E-state index in [0.29, 0.717) is 23.1 Å². The molecule has 1 heterocycles. The van der Waals surface area contributed by atoms with E-state index >= 15 is 4.39 Å². The molecule has 2 nitrogen and oxygen atoms in total. The van der Waals surface area contributed by atoms with Crippen molar-refractivity contribution in [3.63, 3.8) is 0 Å². The number of hydrogen-bond acceptors (Lipinski definition) is 1. The number of benzene rings is 4. The maximum Gasteiger partial charge on any atom is 0.137 e. The first-order valence-electron chi connectivity index (χ1n) is 10.3. The quantitative estimate of drug-likeness (QED) is 0.261. The van der Waals surface area contributed by atoms with Gasteiger partial charge in [-0.3, -0.25) is 0 Å². The second-order valence-electron chi connectivity index (χ2n) is 7.39. The van der Waals surface area contributed by atoms with Gasteiger partial charge < -0.3 is 0 Å². The van der Waals surface area contributed by atoms with E-state index in [1.807, 2.05) is 90.5 Å². The third-order valence-corrected chi connectivity index (χ3v) is 6.43. The Labute approximate surface area is 189 Å². The highest BCUT2D eigenvalue weighted by Crippen LogP contribution is 2.44. The predicted molar refractivity (Wildman–Crippen MR) is 129 cm³/mol. The molecule has 0 aliphatic carbocycles. The molecule has 0 atom stereocenters. The van der Waals surface area contributed by atoms with Gasteiger partial charge in [0.2, 0.25) is 0 Å². The van der Waals surface area contributed by atoms with Crippen LogP contribution in [0.15, 0.2) is 95.5 Å². The molecular weight excluding hydrogens is 451 g/mol. The molecular formula is C27H20BrFN2. The molecule has 0 amide bonds. The summed E-state index contributed by atoms with van der Waals surface area (Å²) >= 11 is 3.74. The van der Waals surface area contributed by atoms with Crippen molar-refractivity contribution in [1.29, 1.82) is 0 Å². The van der Waals surface area contributed by atoms with Crippen molar-refractivity contribution in [1.82, 2.24) is 9.78 Å². The molecule has 5 rings (SSSR count). The Morgan fingerprint density at radius 2 is 1.35 bits per heavy atom. The van der Waals surface area contributed by atoms with Gasteiger partial charge in [-0.05, 0) is 40.0 Å². The number of aromatic nitrogens is 2. The molecule has 0 radical (unpaired) electrons. The van der Waals surface area contributed by atoms with Crippen molar-refractivity contribution in [2.75, 3.05) is 0 Å². The lowest BCUT2D eigenvalue weighted by Gasteiger charge is -2.13. The summed E-state index contributed by atoms with van der Waals surface area (Å²) in [5.74, 6) is -0.217. The zero-order valence-corrected chi connectivity index (χ0v) is 18.6. The predicted octanol–water partition coefficient (Wildman–Crippen LogP) is 7.82. The van der Waals surface area contributed by atoms with Gasteiger partial charge in [-0.25, -0.2) is 9.07 Å². The van der Waals surface area contributed by atoms with Gasteiger partial charge in [0.1, 0.15) is 11.3 Å². The van der Waals surface area contributed by atoms with E-state index in [4.69, 9.17) is 5.10 Å². The lowest BCUT2D eigenvalue weighted by molar-refractivity contribution is 0.616. The second kappa shape index (κ2) is 8.12. The molecule has 0 aliphatic heterocycles. The van der Waals surface area contributed by atoms with Crippen molar-refractivity contribution in [2.24, 2.45) is 0 Å². The van der Waals surface area contributed by atoms with Gasteiger partial charge in [-0.2, -0.15) is 5.10 Å². The highest BCUT2D eigenvalue weighted by molar-refractivity contribution is 9.10. The number of nitrogens with zero attached hydrogens (tertiary/aromatic N) is 2. The van der Waals surface area contributed by atoms with E-state index in [1.54, 1.807) is 0 Å². The molecule has 0 saturated carbocycles. The van der Waals surface area contributed by atoms with Gasteiger partial charge in [0.05, 0.1) is 11.4 Å². The van der Waals surface area contributed by atoms with E-state index < -0.39 is 0 Å². The topological polar surface area (TPSA) is 17.8 Å². The maximum atomic E-state index is 15.8. The van der Waals surface area contributed by atoms with Crippen molar-refractivity contribution in [3.05, 3.63) is 107 Å². The average Bonchev–Trinajstić information content (AvgIpc) is 3.22. The molecule has 0 bridgehead atoms. The highest BCUT2D eigenvalue weighted by Gasteiger charge is 2.26. The SMILES string of the molecule is CCc1c(F)c(-c2ccccc2)c2nn(-c3ccccc3)c(-c3ccccc3)c2c1Br. The summed E-state index contributed by atoms with van der Waals surface area (Å²) in [6, 6.07) is 29.8. The van der Waals surface area contributed by atoms with Crippen LogP contribution in [0.1, 0.15) is 12.5 Å². The minimum Gasteiger partial charge on any atom is -0.232 e. The summed E-state index contributed by atoms with van der Waals surface area (Å²) in [6.45, 7) is 1.98. The zero-order chi connectivity index (χ0) is 21.4. The largest absolute Gasteiger partial charge is 0.232 e. The van der Waals surface area contributed by atoms with E-state index in [2.05, 4.69) is 28.1 Å². The van der Waals surface area contributed by atoms with E-state index in [0.717, 1.165) is 32.4 Å². The Balaban J connectivity index is 1.99. The average molecular weight is 471 g/mol. The smallest absolute Gasteiger partial charge is 0.137 e. The Kier molecular flexibility index (Phi) is 5.16. The molecule has 0 unspecified atom stereocenters. The van der Waals surface area contributed by atoms with Crippen LogP contribution in [0.4, 0.5) is 4.39 Å². The van der Waals surface area contributed by atoms with Gasteiger partial charge in [0.15, 0.2) is 0 Å². The van der Waals surface area contributed by atoms with Crippen molar-refractivity contribution in [3.8, 4) is 28.1 Å². The van der Waals surface area contributed by atoms with Crippen molar-refractivity contribution in [2.45, 2.75) is 13.3 Å². The molecule has 4 aromatic carbocycles. The summed E-state index contributed by atoms with van der Waals surface area (Å²) in [6.07, 6.45) is 0.576. The molecule has 0 aliphatic rings. The number of para-hydroxylation sites is 1. The highest BCUT2D eigenvalue weighted by atomic mass is 79.9. The normalized spacial score (nSPS) is 11.2.